The summed E-state index contributed by atoms with van der Waals surface area (Å²) in [5, 5.41) is 10.6. The number of fused-ring (bicyclic) bond motifs is 1. The monoisotopic (exact) mass is 456 g/mol. The van der Waals surface area contributed by atoms with Crippen LogP contribution in [0.25, 0.3) is 10.9 Å². The van der Waals surface area contributed by atoms with Gasteiger partial charge in [-0.15, -0.1) is 0 Å². The van der Waals surface area contributed by atoms with Gasteiger partial charge in [-0.05, 0) is 36.8 Å². The lowest BCUT2D eigenvalue weighted by atomic mass is 10.1. The zero-order chi connectivity index (χ0) is 23.0. The van der Waals surface area contributed by atoms with E-state index in [9.17, 15) is 12.8 Å². The van der Waals surface area contributed by atoms with Crippen molar-refractivity contribution in [1.29, 1.82) is 0 Å². The molecule has 4 aromatic rings. The van der Waals surface area contributed by atoms with Gasteiger partial charge in [-0.1, -0.05) is 6.07 Å². The van der Waals surface area contributed by atoms with Crippen molar-refractivity contribution in [1.82, 2.24) is 20.2 Å². The van der Waals surface area contributed by atoms with E-state index in [1.54, 1.807) is 49.3 Å². The summed E-state index contributed by atoms with van der Waals surface area (Å²) in [5.74, 6) is 1.28. The average Bonchev–Trinajstić information content (AvgIpc) is 3.20. The SMILES string of the molecule is COc1cc(Nc2nccc(N(C)c3n[nH]c4c(F)c(C)ccc34)n2)cc(S(C)(=O)=O)c1. The molecule has 11 heteroatoms. The molecule has 0 radical (unpaired) electrons. The number of ether oxygens (including phenoxy) is 1. The minimum absolute atomic E-state index is 0.105. The highest BCUT2D eigenvalue weighted by Gasteiger charge is 2.17. The third kappa shape index (κ3) is 4.06. The molecule has 0 spiro atoms. The number of aryl methyl sites for hydroxylation is 1. The molecule has 0 bridgehead atoms. The maximum Gasteiger partial charge on any atom is 0.229 e. The van der Waals surface area contributed by atoms with Gasteiger partial charge in [0.25, 0.3) is 0 Å². The largest absolute Gasteiger partial charge is 0.497 e. The highest BCUT2D eigenvalue weighted by atomic mass is 32.2. The lowest BCUT2D eigenvalue weighted by molar-refractivity contribution is 0.413. The summed E-state index contributed by atoms with van der Waals surface area (Å²) in [6.07, 6.45) is 2.68. The molecular formula is C21H21FN6O3S. The van der Waals surface area contributed by atoms with Gasteiger partial charge in [-0.3, -0.25) is 5.10 Å². The molecule has 2 aromatic heterocycles. The first-order valence-corrected chi connectivity index (χ1v) is 11.4. The van der Waals surface area contributed by atoms with Crippen LogP contribution in [0.5, 0.6) is 5.75 Å². The Morgan fingerprint density at radius 1 is 1.19 bits per heavy atom. The van der Waals surface area contributed by atoms with Crippen LogP contribution in [0.4, 0.5) is 27.7 Å². The lowest BCUT2D eigenvalue weighted by Crippen LogP contribution is -2.13. The molecule has 2 aromatic carbocycles. The van der Waals surface area contributed by atoms with Crippen molar-refractivity contribution >= 4 is 44.0 Å². The Kier molecular flexibility index (Phi) is 5.43. The molecule has 0 saturated carbocycles. The van der Waals surface area contributed by atoms with Crippen LogP contribution in [0.1, 0.15) is 5.56 Å². The van der Waals surface area contributed by atoms with Gasteiger partial charge in [-0.25, -0.2) is 17.8 Å². The zero-order valence-corrected chi connectivity index (χ0v) is 18.7. The van der Waals surface area contributed by atoms with Gasteiger partial charge in [0.2, 0.25) is 5.95 Å². The minimum Gasteiger partial charge on any atom is -0.497 e. The molecular weight excluding hydrogens is 435 g/mol. The quantitative estimate of drug-likeness (QED) is 0.451. The predicted octanol–water partition coefficient (Wildman–Crippen LogP) is 3.72. The highest BCUT2D eigenvalue weighted by Crippen LogP contribution is 2.31. The van der Waals surface area contributed by atoms with E-state index in [0.717, 1.165) is 6.26 Å². The molecule has 9 nitrogen and oxygen atoms in total. The Morgan fingerprint density at radius 2 is 1.97 bits per heavy atom. The second-order valence-corrected chi connectivity index (χ2v) is 9.27. The van der Waals surface area contributed by atoms with Crippen molar-refractivity contribution in [3.63, 3.8) is 0 Å². The second-order valence-electron chi connectivity index (χ2n) is 7.26. The van der Waals surface area contributed by atoms with Crippen molar-refractivity contribution in [2.45, 2.75) is 11.8 Å². The Bertz CT molecular complexity index is 1420. The number of hydrogen-bond donors (Lipinski definition) is 2. The van der Waals surface area contributed by atoms with Crippen LogP contribution >= 0.6 is 0 Å². The van der Waals surface area contributed by atoms with Crippen molar-refractivity contribution in [2.24, 2.45) is 0 Å². The molecule has 0 aliphatic heterocycles. The maximum absolute atomic E-state index is 14.4. The Labute approximate surface area is 184 Å². The standard InChI is InChI=1S/C21H21FN6O3S/c1-12-5-6-16-19(18(12)22)26-27-20(16)28(2)17-7-8-23-21(25-17)24-13-9-14(31-3)11-15(10-13)32(4,29)30/h5-11H,1-4H3,(H,26,27)(H,23,24,25). The second kappa shape index (κ2) is 8.08. The molecule has 32 heavy (non-hydrogen) atoms. The van der Waals surface area contributed by atoms with Crippen LogP contribution < -0.4 is 15.0 Å². The molecule has 4 rings (SSSR count). The van der Waals surface area contributed by atoms with E-state index < -0.39 is 9.84 Å². The summed E-state index contributed by atoms with van der Waals surface area (Å²) < 4.78 is 43.5. The van der Waals surface area contributed by atoms with E-state index in [0.29, 0.717) is 39.5 Å². The van der Waals surface area contributed by atoms with E-state index in [4.69, 9.17) is 4.74 Å². The molecule has 0 aliphatic rings. The van der Waals surface area contributed by atoms with Crippen molar-refractivity contribution < 1.29 is 17.5 Å². The van der Waals surface area contributed by atoms with Crippen molar-refractivity contribution in [2.75, 3.05) is 30.6 Å². The number of benzene rings is 2. The molecule has 0 unspecified atom stereocenters. The number of nitrogens with zero attached hydrogens (tertiary/aromatic N) is 4. The van der Waals surface area contributed by atoms with Gasteiger partial charge < -0.3 is 15.0 Å². The van der Waals surface area contributed by atoms with E-state index in [1.807, 2.05) is 0 Å². The Balaban J connectivity index is 1.67. The summed E-state index contributed by atoms with van der Waals surface area (Å²) in [6, 6.07) is 9.73. The number of hydrogen-bond acceptors (Lipinski definition) is 8. The van der Waals surface area contributed by atoms with E-state index in [2.05, 4.69) is 25.5 Å². The molecule has 0 amide bonds. The van der Waals surface area contributed by atoms with Crippen molar-refractivity contribution in [3.05, 3.63) is 54.0 Å². The number of aromatic nitrogens is 4. The fourth-order valence-corrected chi connectivity index (χ4v) is 3.88. The number of sulfone groups is 1. The number of methoxy groups -OCH3 is 1. The number of aromatic amines is 1. The normalized spacial score (nSPS) is 11.5. The molecule has 166 valence electrons. The number of H-pyrrole nitrogens is 1. The lowest BCUT2D eigenvalue weighted by Gasteiger charge is -2.17. The molecule has 0 aliphatic carbocycles. The molecule has 0 fully saturated rings. The smallest absolute Gasteiger partial charge is 0.229 e. The Morgan fingerprint density at radius 3 is 2.69 bits per heavy atom. The van der Waals surface area contributed by atoms with Crippen molar-refractivity contribution in [3.8, 4) is 5.75 Å². The predicted molar refractivity (Wildman–Crippen MR) is 120 cm³/mol. The van der Waals surface area contributed by atoms with Crippen LogP contribution in [-0.2, 0) is 9.84 Å². The third-order valence-electron chi connectivity index (χ3n) is 4.95. The van der Waals surface area contributed by atoms with E-state index >= 15 is 0 Å². The third-order valence-corrected chi connectivity index (χ3v) is 6.04. The first kappa shape index (κ1) is 21.5. The fourth-order valence-electron chi connectivity index (χ4n) is 3.21. The van der Waals surface area contributed by atoms with Crippen LogP contribution in [0, 0.1) is 12.7 Å². The van der Waals surface area contributed by atoms with Gasteiger partial charge >= 0.3 is 0 Å². The van der Waals surface area contributed by atoms with E-state index in [1.165, 1.54) is 19.2 Å². The van der Waals surface area contributed by atoms with Crippen LogP contribution in [-0.4, -0.2) is 49.0 Å². The Hall–Kier alpha value is -3.73. The van der Waals surface area contributed by atoms with Gasteiger partial charge in [0.1, 0.15) is 17.1 Å². The molecule has 2 N–H and O–H groups in total. The van der Waals surface area contributed by atoms with Gasteiger partial charge in [0.05, 0.1) is 12.0 Å². The van der Waals surface area contributed by atoms with Crippen LogP contribution in [0.15, 0.2) is 47.5 Å². The van der Waals surface area contributed by atoms with Gasteiger partial charge in [0.15, 0.2) is 21.5 Å². The minimum atomic E-state index is -3.44. The topological polar surface area (TPSA) is 113 Å². The number of rotatable bonds is 6. The summed E-state index contributed by atoms with van der Waals surface area (Å²) >= 11 is 0. The first-order valence-electron chi connectivity index (χ1n) is 9.53. The molecule has 0 atom stereocenters. The van der Waals surface area contributed by atoms with Crippen LogP contribution in [0.2, 0.25) is 0 Å². The first-order chi connectivity index (χ1) is 15.2. The number of nitrogens with one attached hydrogen (secondary N) is 2. The number of anilines is 4. The average molecular weight is 457 g/mol. The van der Waals surface area contributed by atoms with Gasteiger partial charge in [0, 0.05) is 36.6 Å². The highest BCUT2D eigenvalue weighted by molar-refractivity contribution is 7.90. The zero-order valence-electron chi connectivity index (χ0n) is 17.8. The maximum atomic E-state index is 14.4. The fraction of sp³-hybridized carbons (Fsp3) is 0.190. The van der Waals surface area contributed by atoms with Crippen LogP contribution in [0.3, 0.4) is 0 Å². The summed E-state index contributed by atoms with van der Waals surface area (Å²) in [5.41, 5.74) is 1.30. The summed E-state index contributed by atoms with van der Waals surface area (Å²) in [7, 11) is -0.229. The van der Waals surface area contributed by atoms with Gasteiger partial charge in [-0.2, -0.15) is 10.1 Å². The number of halogens is 1. The summed E-state index contributed by atoms with van der Waals surface area (Å²) in [6.45, 7) is 1.69. The molecule has 0 saturated heterocycles. The molecule has 2 heterocycles. The summed E-state index contributed by atoms with van der Waals surface area (Å²) in [4.78, 5) is 10.5. The van der Waals surface area contributed by atoms with E-state index in [-0.39, 0.29) is 16.7 Å².